The second kappa shape index (κ2) is 9.59. The lowest BCUT2D eigenvalue weighted by atomic mass is 10.3. The molecule has 0 saturated heterocycles. The van der Waals surface area contributed by atoms with Gasteiger partial charge in [-0.2, -0.15) is 5.10 Å². The fourth-order valence-electron chi connectivity index (χ4n) is 1.58. The van der Waals surface area contributed by atoms with Crippen molar-refractivity contribution in [2.75, 3.05) is 33.7 Å². The summed E-state index contributed by atoms with van der Waals surface area (Å²) in [5.74, 6) is 0.589. The monoisotopic (exact) mass is 306 g/mol. The molecule has 0 aromatic carbocycles. The maximum Gasteiger partial charge on any atom is 0.243 e. The zero-order chi connectivity index (χ0) is 16.4. The van der Waals surface area contributed by atoms with E-state index in [1.807, 2.05) is 23.9 Å². The Morgan fingerprint density at radius 3 is 2.77 bits per heavy atom. The van der Waals surface area contributed by atoms with Crippen LogP contribution in [0.15, 0.2) is 35.6 Å². The molecule has 0 atom stereocenters. The summed E-state index contributed by atoms with van der Waals surface area (Å²) < 4.78 is 1.88. The maximum atomic E-state index is 11.6. The van der Waals surface area contributed by atoms with E-state index >= 15 is 0 Å². The normalized spacial score (nSPS) is 11.1. The lowest BCUT2D eigenvalue weighted by Gasteiger charge is -2.13. The van der Waals surface area contributed by atoms with Crippen molar-refractivity contribution < 1.29 is 4.79 Å². The lowest BCUT2D eigenvalue weighted by Crippen LogP contribution is -2.39. The zero-order valence-electron chi connectivity index (χ0n) is 13.7. The molecular formula is C15H26N6O. The first-order valence-electron chi connectivity index (χ1n) is 7.33. The van der Waals surface area contributed by atoms with Gasteiger partial charge in [-0.05, 0) is 19.4 Å². The molecule has 0 fully saturated rings. The van der Waals surface area contributed by atoms with Gasteiger partial charge in [0.15, 0.2) is 5.96 Å². The molecule has 1 rings (SSSR count). The molecule has 0 saturated carbocycles. The summed E-state index contributed by atoms with van der Waals surface area (Å²) in [5.41, 5.74) is 1.00. The smallest absolute Gasteiger partial charge is 0.243 e. The standard InChI is InChI=1S/C15H26N6O/c1-13(2)11-17-15(18-12-14(22)20(3)4)16-7-5-9-21-10-6-8-19-21/h6,8,10H,1,5,7,9,11-12H2,2-4H3,(H2,16,17,18). The number of hydrogen-bond acceptors (Lipinski definition) is 3. The third-order valence-corrected chi connectivity index (χ3v) is 2.84. The van der Waals surface area contributed by atoms with E-state index in [4.69, 9.17) is 0 Å². The van der Waals surface area contributed by atoms with Crippen LogP contribution in [0.3, 0.4) is 0 Å². The Balaban J connectivity index is 2.40. The van der Waals surface area contributed by atoms with Gasteiger partial charge in [0.1, 0.15) is 6.54 Å². The largest absolute Gasteiger partial charge is 0.356 e. The topological polar surface area (TPSA) is 74.6 Å². The molecule has 1 heterocycles. The average Bonchev–Trinajstić information content (AvgIpc) is 2.97. The number of guanidine groups is 1. The van der Waals surface area contributed by atoms with E-state index in [1.165, 1.54) is 4.90 Å². The van der Waals surface area contributed by atoms with E-state index in [9.17, 15) is 4.79 Å². The van der Waals surface area contributed by atoms with Crippen LogP contribution in [0.4, 0.5) is 0 Å². The minimum Gasteiger partial charge on any atom is -0.356 e. The minimum absolute atomic E-state index is 0.0343. The molecule has 0 bridgehead atoms. The molecule has 0 unspecified atom stereocenters. The van der Waals surface area contributed by atoms with Gasteiger partial charge in [0, 0.05) is 46.1 Å². The minimum atomic E-state index is -0.0343. The van der Waals surface area contributed by atoms with Crippen molar-refractivity contribution in [3.63, 3.8) is 0 Å². The van der Waals surface area contributed by atoms with E-state index in [2.05, 4.69) is 27.3 Å². The van der Waals surface area contributed by atoms with Crippen LogP contribution in [0.25, 0.3) is 0 Å². The Morgan fingerprint density at radius 1 is 1.41 bits per heavy atom. The summed E-state index contributed by atoms with van der Waals surface area (Å²) in [4.78, 5) is 17.4. The van der Waals surface area contributed by atoms with Crippen molar-refractivity contribution in [2.24, 2.45) is 4.99 Å². The number of amides is 1. The highest BCUT2D eigenvalue weighted by Crippen LogP contribution is 1.89. The number of carbonyl (C=O) groups is 1. The highest BCUT2D eigenvalue weighted by Gasteiger charge is 2.04. The molecule has 22 heavy (non-hydrogen) atoms. The molecule has 2 N–H and O–H groups in total. The molecular weight excluding hydrogens is 280 g/mol. The number of nitrogens with zero attached hydrogens (tertiary/aromatic N) is 4. The summed E-state index contributed by atoms with van der Waals surface area (Å²) in [5, 5.41) is 10.5. The third kappa shape index (κ3) is 7.47. The van der Waals surface area contributed by atoms with Crippen LogP contribution in [0.1, 0.15) is 13.3 Å². The van der Waals surface area contributed by atoms with Crippen LogP contribution in [0.5, 0.6) is 0 Å². The molecule has 0 aliphatic heterocycles. The van der Waals surface area contributed by atoms with Crippen molar-refractivity contribution in [3.8, 4) is 0 Å². The van der Waals surface area contributed by atoms with E-state index in [0.29, 0.717) is 12.5 Å². The van der Waals surface area contributed by atoms with Gasteiger partial charge in [-0.15, -0.1) is 0 Å². The second-order valence-electron chi connectivity index (χ2n) is 5.31. The van der Waals surface area contributed by atoms with Gasteiger partial charge in [-0.1, -0.05) is 12.2 Å². The molecule has 0 aliphatic carbocycles. The van der Waals surface area contributed by atoms with E-state index in [0.717, 1.165) is 25.1 Å². The highest BCUT2D eigenvalue weighted by atomic mass is 16.2. The molecule has 0 spiro atoms. The van der Waals surface area contributed by atoms with Gasteiger partial charge >= 0.3 is 0 Å². The maximum absolute atomic E-state index is 11.6. The molecule has 0 aliphatic rings. The van der Waals surface area contributed by atoms with Crippen molar-refractivity contribution in [1.29, 1.82) is 0 Å². The SMILES string of the molecule is C=C(C)CNC(=NCC(=O)N(C)C)NCCCn1cccn1. The van der Waals surface area contributed by atoms with E-state index < -0.39 is 0 Å². The van der Waals surface area contributed by atoms with Gasteiger partial charge in [0.05, 0.1) is 0 Å². The van der Waals surface area contributed by atoms with Gasteiger partial charge in [0.25, 0.3) is 0 Å². The summed E-state index contributed by atoms with van der Waals surface area (Å²) in [7, 11) is 3.44. The number of aryl methyl sites for hydroxylation is 1. The zero-order valence-corrected chi connectivity index (χ0v) is 13.7. The van der Waals surface area contributed by atoms with E-state index in [-0.39, 0.29) is 12.5 Å². The number of likely N-dealkylation sites (N-methyl/N-ethyl adjacent to an activating group) is 1. The Kier molecular flexibility index (Phi) is 7.74. The highest BCUT2D eigenvalue weighted by molar-refractivity contribution is 5.84. The first-order valence-corrected chi connectivity index (χ1v) is 7.33. The van der Waals surface area contributed by atoms with Crippen molar-refractivity contribution in [1.82, 2.24) is 25.3 Å². The number of rotatable bonds is 8. The molecule has 1 aromatic rings. The van der Waals surface area contributed by atoms with E-state index in [1.54, 1.807) is 20.3 Å². The van der Waals surface area contributed by atoms with Crippen LogP contribution in [0, 0.1) is 0 Å². The Bertz CT molecular complexity index is 492. The molecule has 1 amide bonds. The molecule has 0 radical (unpaired) electrons. The van der Waals surface area contributed by atoms with Crippen molar-refractivity contribution >= 4 is 11.9 Å². The summed E-state index contributed by atoms with van der Waals surface area (Å²) >= 11 is 0. The summed E-state index contributed by atoms with van der Waals surface area (Å²) in [6.07, 6.45) is 4.61. The first-order chi connectivity index (χ1) is 10.5. The van der Waals surface area contributed by atoms with Gasteiger partial charge in [-0.3, -0.25) is 9.48 Å². The predicted octanol–water partition coefficient (Wildman–Crippen LogP) is 0.473. The first kappa shape index (κ1) is 17.7. The molecule has 122 valence electrons. The predicted molar refractivity (Wildman–Crippen MR) is 88.7 cm³/mol. The Hall–Kier alpha value is -2.31. The molecule has 1 aromatic heterocycles. The van der Waals surface area contributed by atoms with Gasteiger partial charge in [0.2, 0.25) is 5.91 Å². The van der Waals surface area contributed by atoms with Crippen molar-refractivity contribution in [2.45, 2.75) is 19.9 Å². The number of aliphatic imine (C=N–C) groups is 1. The van der Waals surface area contributed by atoms with Crippen LogP contribution in [0.2, 0.25) is 0 Å². The number of hydrogen-bond donors (Lipinski definition) is 2. The fraction of sp³-hybridized carbons (Fsp3) is 0.533. The Labute approximate surface area is 132 Å². The summed E-state index contributed by atoms with van der Waals surface area (Å²) in [6, 6.07) is 1.90. The number of carbonyl (C=O) groups excluding carboxylic acids is 1. The molecule has 7 heteroatoms. The van der Waals surface area contributed by atoms with Gasteiger partial charge < -0.3 is 15.5 Å². The lowest BCUT2D eigenvalue weighted by molar-refractivity contribution is -0.127. The second-order valence-corrected chi connectivity index (χ2v) is 5.31. The number of aromatic nitrogens is 2. The van der Waals surface area contributed by atoms with Crippen LogP contribution < -0.4 is 10.6 Å². The quantitative estimate of drug-likeness (QED) is 0.317. The van der Waals surface area contributed by atoms with Crippen LogP contribution in [-0.2, 0) is 11.3 Å². The number of nitrogens with one attached hydrogen (secondary N) is 2. The van der Waals surface area contributed by atoms with Crippen molar-refractivity contribution in [3.05, 3.63) is 30.6 Å². The third-order valence-electron chi connectivity index (χ3n) is 2.84. The average molecular weight is 306 g/mol. The van der Waals surface area contributed by atoms with Crippen LogP contribution >= 0.6 is 0 Å². The molecule has 7 nitrogen and oxygen atoms in total. The Morgan fingerprint density at radius 2 is 2.18 bits per heavy atom. The fourth-order valence-corrected chi connectivity index (χ4v) is 1.58. The van der Waals surface area contributed by atoms with Crippen LogP contribution in [-0.4, -0.2) is 60.3 Å². The summed E-state index contributed by atoms with van der Waals surface area (Å²) in [6.45, 7) is 8.12. The van der Waals surface area contributed by atoms with Gasteiger partial charge in [-0.25, -0.2) is 4.99 Å².